The Morgan fingerprint density at radius 2 is 2.06 bits per heavy atom. The van der Waals surface area contributed by atoms with Crippen LogP contribution in [0.2, 0.25) is 0 Å². The fraction of sp³-hybridized carbons (Fsp3) is 0.308. The molecule has 2 aromatic rings. The van der Waals surface area contributed by atoms with E-state index in [1.807, 2.05) is 12.1 Å². The predicted molar refractivity (Wildman–Crippen MR) is 73.0 cm³/mol. The van der Waals surface area contributed by atoms with Crippen molar-refractivity contribution in [1.82, 2.24) is 4.98 Å². The number of fused-ring (bicyclic) bond motifs is 1. The Morgan fingerprint density at radius 1 is 1.25 bits per heavy atom. The Labute approximate surface area is 104 Å². The van der Waals surface area contributed by atoms with Crippen LogP contribution in [0, 0.1) is 0 Å². The molecule has 0 spiro atoms. The molecule has 0 radical (unpaired) electrons. The van der Waals surface area contributed by atoms with Crippen LogP contribution in [0.3, 0.4) is 0 Å². The zero-order valence-corrected chi connectivity index (χ0v) is 11.2. The number of benzene rings is 1. The molecule has 0 aliphatic carbocycles. The Morgan fingerprint density at radius 3 is 2.81 bits per heavy atom. The lowest BCUT2D eigenvalue weighted by Gasteiger charge is -2.17. The van der Waals surface area contributed by atoms with Crippen LogP contribution in [-0.4, -0.2) is 18.6 Å². The van der Waals surface area contributed by atoms with E-state index < -0.39 is 0 Å². The Balaban J connectivity index is 2.40. The maximum Gasteiger partial charge on any atom is 0.128 e. The topological polar surface area (TPSA) is 16.1 Å². The van der Waals surface area contributed by atoms with E-state index in [0.717, 1.165) is 28.8 Å². The van der Waals surface area contributed by atoms with Crippen LogP contribution < -0.4 is 4.90 Å². The van der Waals surface area contributed by atoms with E-state index >= 15 is 0 Å². The number of pyridine rings is 1. The zero-order valence-electron chi connectivity index (χ0n) is 9.57. The van der Waals surface area contributed by atoms with Crippen molar-refractivity contribution in [3.63, 3.8) is 0 Å². The van der Waals surface area contributed by atoms with Crippen LogP contribution in [0.5, 0.6) is 0 Å². The minimum Gasteiger partial charge on any atom is -0.360 e. The number of hydrogen-bond acceptors (Lipinski definition) is 2. The first-order valence-electron chi connectivity index (χ1n) is 5.48. The SMILES string of the molecule is CCCN(C)c1ccc2cc(Br)ccc2n1. The van der Waals surface area contributed by atoms with Crippen LogP contribution in [0.25, 0.3) is 10.9 Å². The number of rotatable bonds is 3. The first kappa shape index (κ1) is 11.4. The molecule has 0 bridgehead atoms. The average Bonchev–Trinajstić information content (AvgIpc) is 2.28. The third kappa shape index (κ3) is 2.35. The standard InChI is InChI=1S/C13H15BrN2/c1-3-8-16(2)13-7-4-10-9-11(14)5-6-12(10)15-13/h4-7,9H,3,8H2,1-2H3. The van der Waals surface area contributed by atoms with Gasteiger partial charge in [0.2, 0.25) is 0 Å². The van der Waals surface area contributed by atoms with Crippen molar-refractivity contribution >= 4 is 32.7 Å². The summed E-state index contributed by atoms with van der Waals surface area (Å²) in [7, 11) is 2.08. The van der Waals surface area contributed by atoms with E-state index in [0.29, 0.717) is 0 Å². The molecule has 2 rings (SSSR count). The molecule has 0 aliphatic rings. The molecule has 1 heterocycles. The summed E-state index contributed by atoms with van der Waals surface area (Å²) >= 11 is 3.47. The van der Waals surface area contributed by atoms with Crippen molar-refractivity contribution in [3.8, 4) is 0 Å². The number of hydrogen-bond donors (Lipinski definition) is 0. The van der Waals surface area contributed by atoms with Crippen molar-refractivity contribution in [2.75, 3.05) is 18.5 Å². The lowest BCUT2D eigenvalue weighted by molar-refractivity contribution is 0.840. The molecule has 2 nitrogen and oxygen atoms in total. The summed E-state index contributed by atoms with van der Waals surface area (Å²) in [5, 5.41) is 1.17. The highest BCUT2D eigenvalue weighted by molar-refractivity contribution is 9.10. The molecule has 0 aliphatic heterocycles. The molecule has 0 atom stereocenters. The molecule has 0 saturated heterocycles. The second kappa shape index (κ2) is 4.83. The first-order valence-corrected chi connectivity index (χ1v) is 6.27. The Kier molecular flexibility index (Phi) is 3.44. The number of halogens is 1. The highest BCUT2D eigenvalue weighted by atomic mass is 79.9. The molecule has 84 valence electrons. The number of anilines is 1. The minimum absolute atomic E-state index is 1.04. The summed E-state index contributed by atoms with van der Waals surface area (Å²) in [4.78, 5) is 6.82. The van der Waals surface area contributed by atoms with Crippen LogP contribution >= 0.6 is 15.9 Å². The van der Waals surface area contributed by atoms with E-state index in [-0.39, 0.29) is 0 Å². The second-order valence-corrected chi connectivity index (χ2v) is 4.84. The van der Waals surface area contributed by atoms with Gasteiger partial charge in [-0.2, -0.15) is 0 Å². The van der Waals surface area contributed by atoms with Gasteiger partial charge in [0, 0.05) is 23.5 Å². The molecular formula is C13H15BrN2. The van der Waals surface area contributed by atoms with Gasteiger partial charge in [-0.15, -0.1) is 0 Å². The molecule has 0 saturated carbocycles. The molecule has 3 heteroatoms. The van der Waals surface area contributed by atoms with Crippen molar-refractivity contribution in [2.45, 2.75) is 13.3 Å². The van der Waals surface area contributed by atoms with Crippen molar-refractivity contribution in [2.24, 2.45) is 0 Å². The lowest BCUT2D eigenvalue weighted by atomic mass is 10.2. The first-order chi connectivity index (χ1) is 7.70. The quantitative estimate of drug-likeness (QED) is 0.848. The number of aromatic nitrogens is 1. The van der Waals surface area contributed by atoms with E-state index in [1.54, 1.807) is 0 Å². The summed E-state index contributed by atoms with van der Waals surface area (Å²) in [5.74, 6) is 1.04. The fourth-order valence-electron chi connectivity index (χ4n) is 1.75. The molecule has 1 aromatic heterocycles. The third-order valence-corrected chi connectivity index (χ3v) is 3.08. The van der Waals surface area contributed by atoms with E-state index in [9.17, 15) is 0 Å². The normalized spacial score (nSPS) is 10.7. The summed E-state index contributed by atoms with van der Waals surface area (Å²) in [6.45, 7) is 3.21. The van der Waals surface area contributed by atoms with Gasteiger partial charge < -0.3 is 4.90 Å². The van der Waals surface area contributed by atoms with E-state index in [4.69, 9.17) is 0 Å². The van der Waals surface area contributed by atoms with Crippen molar-refractivity contribution < 1.29 is 0 Å². The smallest absolute Gasteiger partial charge is 0.128 e. The largest absolute Gasteiger partial charge is 0.360 e. The molecular weight excluding hydrogens is 264 g/mol. The van der Waals surface area contributed by atoms with Crippen LogP contribution in [0.4, 0.5) is 5.82 Å². The van der Waals surface area contributed by atoms with Gasteiger partial charge in [0.15, 0.2) is 0 Å². The third-order valence-electron chi connectivity index (χ3n) is 2.59. The minimum atomic E-state index is 1.04. The van der Waals surface area contributed by atoms with Crippen molar-refractivity contribution in [3.05, 3.63) is 34.8 Å². The summed E-state index contributed by atoms with van der Waals surface area (Å²) in [6, 6.07) is 10.4. The van der Waals surface area contributed by atoms with Crippen LogP contribution in [0.1, 0.15) is 13.3 Å². The van der Waals surface area contributed by atoms with Crippen LogP contribution in [0.15, 0.2) is 34.8 Å². The summed E-state index contributed by atoms with van der Waals surface area (Å²) in [6.07, 6.45) is 1.14. The maximum atomic E-state index is 4.64. The van der Waals surface area contributed by atoms with Gasteiger partial charge in [0.05, 0.1) is 5.52 Å². The molecule has 0 N–H and O–H groups in total. The lowest BCUT2D eigenvalue weighted by Crippen LogP contribution is -2.18. The fourth-order valence-corrected chi connectivity index (χ4v) is 2.13. The summed E-state index contributed by atoms with van der Waals surface area (Å²) < 4.78 is 1.09. The van der Waals surface area contributed by atoms with Gasteiger partial charge in [-0.1, -0.05) is 22.9 Å². The second-order valence-electron chi connectivity index (χ2n) is 3.93. The van der Waals surface area contributed by atoms with Gasteiger partial charge in [0.1, 0.15) is 5.82 Å². The van der Waals surface area contributed by atoms with Crippen molar-refractivity contribution in [1.29, 1.82) is 0 Å². The van der Waals surface area contributed by atoms with Crippen LogP contribution in [-0.2, 0) is 0 Å². The molecule has 16 heavy (non-hydrogen) atoms. The van der Waals surface area contributed by atoms with Gasteiger partial charge in [-0.3, -0.25) is 0 Å². The zero-order chi connectivity index (χ0) is 11.5. The van der Waals surface area contributed by atoms with E-state index in [1.165, 1.54) is 5.39 Å². The molecule has 1 aromatic carbocycles. The predicted octanol–water partition coefficient (Wildman–Crippen LogP) is 3.84. The van der Waals surface area contributed by atoms with Gasteiger partial charge >= 0.3 is 0 Å². The summed E-state index contributed by atoms with van der Waals surface area (Å²) in [5.41, 5.74) is 1.05. The Bertz CT molecular complexity index is 496. The monoisotopic (exact) mass is 278 g/mol. The maximum absolute atomic E-state index is 4.64. The molecule has 0 fully saturated rings. The van der Waals surface area contributed by atoms with Gasteiger partial charge in [-0.05, 0) is 36.8 Å². The average molecular weight is 279 g/mol. The molecule has 0 amide bonds. The number of nitrogens with zero attached hydrogens (tertiary/aromatic N) is 2. The highest BCUT2D eigenvalue weighted by Crippen LogP contribution is 2.21. The van der Waals surface area contributed by atoms with Gasteiger partial charge in [0.25, 0.3) is 0 Å². The molecule has 0 unspecified atom stereocenters. The van der Waals surface area contributed by atoms with E-state index in [2.05, 4.69) is 58.0 Å². The highest BCUT2D eigenvalue weighted by Gasteiger charge is 2.02. The van der Waals surface area contributed by atoms with Gasteiger partial charge in [-0.25, -0.2) is 4.98 Å². The Hall–Kier alpha value is -1.09.